The number of carbonyl (C=O) groups excluding carboxylic acids is 1. The Kier molecular flexibility index (Phi) is 7.10. The number of likely N-dealkylation sites (N-methyl/N-ethyl adjacent to an activating group) is 1. The Morgan fingerprint density at radius 1 is 1.12 bits per heavy atom. The van der Waals surface area contributed by atoms with E-state index in [2.05, 4.69) is 5.32 Å². The number of hydrogen-bond acceptors (Lipinski definition) is 3. The Morgan fingerprint density at radius 2 is 1.84 bits per heavy atom. The lowest BCUT2D eigenvalue weighted by Crippen LogP contribution is -3.08. The summed E-state index contributed by atoms with van der Waals surface area (Å²) >= 11 is 6.05. The van der Waals surface area contributed by atoms with Gasteiger partial charge in [-0.25, -0.2) is 0 Å². The average molecular weight is 364 g/mol. The molecule has 1 unspecified atom stereocenters. The third-order valence-electron chi connectivity index (χ3n) is 3.85. The van der Waals surface area contributed by atoms with E-state index < -0.39 is 0 Å². The van der Waals surface area contributed by atoms with Crippen LogP contribution in [0.2, 0.25) is 5.02 Å². The first-order valence-electron chi connectivity index (χ1n) is 8.05. The number of methoxy groups -OCH3 is 2. The fourth-order valence-electron chi connectivity index (χ4n) is 2.55. The molecule has 0 radical (unpaired) electrons. The third kappa shape index (κ3) is 5.96. The molecule has 0 aromatic heterocycles. The van der Waals surface area contributed by atoms with Crippen molar-refractivity contribution in [3.63, 3.8) is 0 Å². The van der Waals surface area contributed by atoms with Gasteiger partial charge in [0.15, 0.2) is 6.54 Å². The molecule has 5 nitrogen and oxygen atoms in total. The molecule has 2 N–H and O–H groups in total. The number of rotatable bonds is 8. The second-order valence-corrected chi connectivity index (χ2v) is 6.33. The minimum atomic E-state index is -0.00527. The summed E-state index contributed by atoms with van der Waals surface area (Å²) in [5.41, 5.74) is 2.01. The van der Waals surface area contributed by atoms with Gasteiger partial charge < -0.3 is 19.7 Å². The minimum Gasteiger partial charge on any atom is -0.497 e. The number of quaternary nitrogens is 1. The smallest absolute Gasteiger partial charge is 0.275 e. The highest BCUT2D eigenvalue weighted by atomic mass is 35.5. The van der Waals surface area contributed by atoms with Gasteiger partial charge in [0.2, 0.25) is 0 Å². The van der Waals surface area contributed by atoms with E-state index in [1.807, 2.05) is 43.4 Å². The van der Waals surface area contributed by atoms with E-state index in [4.69, 9.17) is 21.1 Å². The van der Waals surface area contributed by atoms with E-state index in [-0.39, 0.29) is 5.91 Å². The van der Waals surface area contributed by atoms with Crippen molar-refractivity contribution in [2.45, 2.75) is 13.1 Å². The third-order valence-corrected chi connectivity index (χ3v) is 4.08. The monoisotopic (exact) mass is 363 g/mol. The molecule has 0 heterocycles. The maximum atomic E-state index is 12.1. The Bertz CT molecular complexity index is 704. The van der Waals surface area contributed by atoms with Gasteiger partial charge in [0.1, 0.15) is 18.0 Å². The second-order valence-electron chi connectivity index (χ2n) is 5.89. The SMILES string of the molecule is COc1ccc(CNC(=O)C[NH+](C)Cc2cc(Cl)ccc2OC)cc1. The van der Waals surface area contributed by atoms with Crippen LogP contribution in [0.4, 0.5) is 0 Å². The molecule has 25 heavy (non-hydrogen) atoms. The molecule has 6 heteroatoms. The topological polar surface area (TPSA) is 52.0 Å². The van der Waals surface area contributed by atoms with Gasteiger partial charge >= 0.3 is 0 Å². The molecule has 0 spiro atoms. The van der Waals surface area contributed by atoms with E-state index in [1.54, 1.807) is 20.3 Å². The lowest BCUT2D eigenvalue weighted by atomic mass is 10.2. The first-order chi connectivity index (χ1) is 12.0. The van der Waals surface area contributed by atoms with Gasteiger partial charge in [-0.3, -0.25) is 4.79 Å². The number of hydrogen-bond donors (Lipinski definition) is 2. The zero-order chi connectivity index (χ0) is 18.2. The van der Waals surface area contributed by atoms with E-state index in [0.29, 0.717) is 24.7 Å². The molecule has 134 valence electrons. The van der Waals surface area contributed by atoms with Crippen LogP contribution >= 0.6 is 11.6 Å². The van der Waals surface area contributed by atoms with Gasteiger partial charge in [0, 0.05) is 17.1 Å². The molecule has 0 bridgehead atoms. The van der Waals surface area contributed by atoms with Crippen molar-refractivity contribution in [1.82, 2.24) is 5.32 Å². The zero-order valence-electron chi connectivity index (χ0n) is 14.8. The summed E-state index contributed by atoms with van der Waals surface area (Å²) < 4.78 is 10.5. The van der Waals surface area contributed by atoms with Crippen LogP contribution in [0.3, 0.4) is 0 Å². The first-order valence-corrected chi connectivity index (χ1v) is 8.43. The highest BCUT2D eigenvalue weighted by molar-refractivity contribution is 6.30. The van der Waals surface area contributed by atoms with Crippen LogP contribution in [0.25, 0.3) is 0 Å². The predicted molar refractivity (Wildman–Crippen MR) is 98.3 cm³/mol. The molecule has 2 aromatic carbocycles. The van der Waals surface area contributed by atoms with Crippen molar-refractivity contribution < 1.29 is 19.2 Å². The average Bonchev–Trinajstić information content (AvgIpc) is 2.60. The van der Waals surface area contributed by atoms with E-state index in [9.17, 15) is 4.79 Å². The Hall–Kier alpha value is -2.24. The van der Waals surface area contributed by atoms with Gasteiger partial charge in [-0.2, -0.15) is 0 Å². The summed E-state index contributed by atoms with van der Waals surface area (Å²) in [5.74, 6) is 1.58. The number of benzene rings is 2. The van der Waals surface area contributed by atoms with Gasteiger partial charge in [-0.05, 0) is 35.9 Å². The first kappa shape index (κ1) is 19.1. The van der Waals surface area contributed by atoms with Crippen LogP contribution in [0.5, 0.6) is 11.5 Å². The number of ether oxygens (including phenoxy) is 2. The Labute approximate surface area is 153 Å². The highest BCUT2D eigenvalue weighted by Crippen LogP contribution is 2.21. The molecule has 0 fully saturated rings. The van der Waals surface area contributed by atoms with Crippen LogP contribution in [-0.2, 0) is 17.9 Å². The van der Waals surface area contributed by atoms with E-state index >= 15 is 0 Å². The minimum absolute atomic E-state index is 0.00527. The molecular formula is C19H24ClN2O3+. The standard InChI is InChI=1S/C19H23ClN2O3/c1-22(12-15-10-16(20)6-9-18(15)25-3)13-19(23)21-11-14-4-7-17(24-2)8-5-14/h4-10H,11-13H2,1-3H3,(H,21,23)/p+1. The van der Waals surface area contributed by atoms with Crippen molar-refractivity contribution in [3.05, 3.63) is 58.6 Å². The molecule has 0 saturated carbocycles. The number of halogens is 1. The van der Waals surface area contributed by atoms with Crippen molar-refractivity contribution in [3.8, 4) is 11.5 Å². The summed E-state index contributed by atoms with van der Waals surface area (Å²) in [6.07, 6.45) is 0. The van der Waals surface area contributed by atoms with Gasteiger partial charge in [-0.15, -0.1) is 0 Å². The summed E-state index contributed by atoms with van der Waals surface area (Å²) in [6, 6.07) is 13.1. The molecule has 1 atom stereocenters. The van der Waals surface area contributed by atoms with Crippen molar-refractivity contribution in [2.24, 2.45) is 0 Å². The van der Waals surface area contributed by atoms with Crippen LogP contribution in [-0.4, -0.2) is 33.7 Å². The summed E-state index contributed by atoms with van der Waals surface area (Å²) in [5, 5.41) is 3.59. The summed E-state index contributed by atoms with van der Waals surface area (Å²) in [6.45, 7) is 1.52. The van der Waals surface area contributed by atoms with Crippen molar-refractivity contribution in [2.75, 3.05) is 27.8 Å². The maximum absolute atomic E-state index is 12.1. The molecule has 0 saturated heterocycles. The van der Waals surface area contributed by atoms with Crippen LogP contribution < -0.4 is 19.7 Å². The summed E-state index contributed by atoms with van der Waals surface area (Å²) in [7, 11) is 5.22. The molecule has 1 amide bonds. The van der Waals surface area contributed by atoms with Crippen LogP contribution in [0.15, 0.2) is 42.5 Å². The van der Waals surface area contributed by atoms with Gasteiger partial charge in [0.25, 0.3) is 5.91 Å². The Morgan fingerprint density at radius 3 is 2.48 bits per heavy atom. The molecule has 2 aromatic rings. The normalized spacial score (nSPS) is 11.7. The summed E-state index contributed by atoms with van der Waals surface area (Å²) in [4.78, 5) is 13.2. The largest absolute Gasteiger partial charge is 0.497 e. The number of nitrogens with one attached hydrogen (secondary N) is 2. The molecule has 0 aliphatic carbocycles. The second kappa shape index (κ2) is 9.30. The van der Waals surface area contributed by atoms with E-state index in [1.165, 1.54) is 0 Å². The van der Waals surface area contributed by atoms with Gasteiger partial charge in [0.05, 0.1) is 21.3 Å². The van der Waals surface area contributed by atoms with Crippen molar-refractivity contribution >= 4 is 17.5 Å². The Balaban J connectivity index is 1.84. The fraction of sp³-hybridized carbons (Fsp3) is 0.316. The van der Waals surface area contributed by atoms with Crippen molar-refractivity contribution in [1.29, 1.82) is 0 Å². The van der Waals surface area contributed by atoms with Crippen LogP contribution in [0, 0.1) is 0 Å². The molecule has 0 aliphatic rings. The highest BCUT2D eigenvalue weighted by Gasteiger charge is 2.13. The van der Waals surface area contributed by atoms with Crippen LogP contribution in [0.1, 0.15) is 11.1 Å². The lowest BCUT2D eigenvalue weighted by Gasteiger charge is -2.16. The quantitative estimate of drug-likeness (QED) is 0.750. The van der Waals surface area contributed by atoms with E-state index in [0.717, 1.165) is 27.5 Å². The molecule has 2 rings (SSSR count). The predicted octanol–water partition coefficient (Wildman–Crippen LogP) is 1.69. The molecule has 0 aliphatic heterocycles. The number of amides is 1. The zero-order valence-corrected chi connectivity index (χ0v) is 15.5. The lowest BCUT2D eigenvalue weighted by molar-refractivity contribution is -0.885. The van der Waals surface area contributed by atoms with Gasteiger partial charge in [-0.1, -0.05) is 23.7 Å². The maximum Gasteiger partial charge on any atom is 0.275 e. The fourth-order valence-corrected chi connectivity index (χ4v) is 2.75. The number of carbonyl (C=O) groups is 1. The molecular weight excluding hydrogens is 340 g/mol.